The highest BCUT2D eigenvalue weighted by Crippen LogP contribution is 2.33. The molecule has 0 saturated heterocycles. The number of hydrogen-bond acceptors (Lipinski definition) is 6. The smallest absolute Gasteiger partial charge is 0.267 e. The van der Waals surface area contributed by atoms with Gasteiger partial charge in [-0.1, -0.05) is 0 Å². The number of nitro benzene ring substituents is 1. The molecule has 0 fully saturated rings. The molecular weight excluding hydrogens is 356 g/mol. The highest BCUT2D eigenvalue weighted by molar-refractivity contribution is 7.18. The number of nitrogens with zero attached hydrogens (tertiary/aromatic N) is 3. The summed E-state index contributed by atoms with van der Waals surface area (Å²) in [5, 5.41) is 11.3. The Morgan fingerprint density at radius 1 is 1.23 bits per heavy atom. The largest absolute Gasteiger partial charge is 0.281 e. The van der Waals surface area contributed by atoms with E-state index in [1.165, 1.54) is 35.5 Å². The first-order chi connectivity index (χ1) is 12.5. The van der Waals surface area contributed by atoms with Gasteiger partial charge in [-0.15, -0.1) is 11.3 Å². The molecule has 26 heavy (non-hydrogen) atoms. The van der Waals surface area contributed by atoms with Crippen LogP contribution < -0.4 is 11.0 Å². The van der Waals surface area contributed by atoms with Crippen LogP contribution in [0.2, 0.25) is 0 Å². The fourth-order valence-electron chi connectivity index (χ4n) is 3.13. The summed E-state index contributed by atoms with van der Waals surface area (Å²) in [4.78, 5) is 41.5. The number of thiophene rings is 1. The number of aryl methyl sites for hydroxylation is 2. The lowest BCUT2D eigenvalue weighted by molar-refractivity contribution is -0.384. The molecule has 1 N–H and O–H groups in total. The Balaban J connectivity index is 1.66. The van der Waals surface area contributed by atoms with E-state index >= 15 is 0 Å². The van der Waals surface area contributed by atoms with Crippen molar-refractivity contribution in [1.29, 1.82) is 0 Å². The van der Waals surface area contributed by atoms with Crippen molar-refractivity contribution in [3.8, 4) is 0 Å². The van der Waals surface area contributed by atoms with E-state index in [1.54, 1.807) is 11.3 Å². The summed E-state index contributed by atoms with van der Waals surface area (Å²) in [5.74, 6) is -0.535. The molecule has 0 spiro atoms. The number of nitro groups is 1. The second kappa shape index (κ2) is 6.34. The predicted octanol–water partition coefficient (Wildman–Crippen LogP) is 2.63. The van der Waals surface area contributed by atoms with E-state index in [2.05, 4.69) is 10.4 Å². The van der Waals surface area contributed by atoms with E-state index in [4.69, 9.17) is 0 Å². The van der Waals surface area contributed by atoms with E-state index in [9.17, 15) is 19.7 Å². The number of rotatable bonds is 3. The lowest BCUT2D eigenvalue weighted by atomic mass is 9.97. The van der Waals surface area contributed by atoms with Gasteiger partial charge in [0.05, 0.1) is 10.3 Å². The number of carbonyl (C=O) groups excluding carboxylic acids is 1. The fraction of sp³-hybridized carbons (Fsp3) is 0.235. The van der Waals surface area contributed by atoms with E-state index in [0.717, 1.165) is 35.9 Å². The van der Waals surface area contributed by atoms with Crippen LogP contribution in [0.1, 0.15) is 33.6 Å². The molecule has 0 aliphatic heterocycles. The Kier molecular flexibility index (Phi) is 4.00. The van der Waals surface area contributed by atoms with Crippen LogP contribution in [-0.2, 0) is 12.8 Å². The minimum absolute atomic E-state index is 0.105. The summed E-state index contributed by atoms with van der Waals surface area (Å²) < 4.78 is 1.08. The monoisotopic (exact) mass is 370 g/mol. The number of carbonyl (C=O) groups is 1. The van der Waals surface area contributed by atoms with Gasteiger partial charge in [0.25, 0.3) is 17.2 Å². The predicted molar refractivity (Wildman–Crippen MR) is 97.3 cm³/mol. The molecule has 2 aromatic heterocycles. The Morgan fingerprint density at radius 2 is 1.96 bits per heavy atom. The second-order valence-corrected chi connectivity index (χ2v) is 7.14. The second-order valence-electron chi connectivity index (χ2n) is 6.06. The van der Waals surface area contributed by atoms with E-state index < -0.39 is 10.8 Å². The van der Waals surface area contributed by atoms with Crippen molar-refractivity contribution < 1.29 is 9.72 Å². The average molecular weight is 370 g/mol. The molecule has 0 atom stereocenters. The normalized spacial score (nSPS) is 13.4. The molecule has 4 rings (SSSR count). The Bertz CT molecular complexity index is 1080. The third-order valence-electron chi connectivity index (χ3n) is 4.44. The molecule has 132 valence electrons. The summed E-state index contributed by atoms with van der Waals surface area (Å²) in [6.45, 7) is 0. The zero-order chi connectivity index (χ0) is 18.3. The number of benzene rings is 1. The van der Waals surface area contributed by atoms with Gasteiger partial charge in [0.1, 0.15) is 11.2 Å². The zero-order valence-corrected chi connectivity index (χ0v) is 14.4. The van der Waals surface area contributed by atoms with E-state index in [-0.39, 0.29) is 16.8 Å². The average Bonchev–Trinajstić information content (AvgIpc) is 3.03. The van der Waals surface area contributed by atoms with Crippen LogP contribution in [0.25, 0.3) is 10.2 Å². The lowest BCUT2D eigenvalue weighted by Gasteiger charge is -2.11. The van der Waals surface area contributed by atoms with Crippen molar-refractivity contribution in [3.63, 3.8) is 0 Å². The van der Waals surface area contributed by atoms with E-state index in [0.29, 0.717) is 10.2 Å². The van der Waals surface area contributed by atoms with Crippen LogP contribution >= 0.6 is 11.3 Å². The molecule has 0 saturated carbocycles. The quantitative estimate of drug-likeness (QED) is 0.563. The van der Waals surface area contributed by atoms with Crippen molar-refractivity contribution in [1.82, 2.24) is 9.66 Å². The van der Waals surface area contributed by atoms with Crippen LogP contribution in [0.5, 0.6) is 0 Å². The summed E-state index contributed by atoms with van der Waals surface area (Å²) in [6, 6.07) is 5.18. The molecule has 0 unspecified atom stereocenters. The maximum absolute atomic E-state index is 12.8. The minimum atomic E-state index is -0.538. The lowest BCUT2D eigenvalue weighted by Crippen LogP contribution is -2.33. The van der Waals surface area contributed by atoms with Crippen LogP contribution in [0.15, 0.2) is 35.4 Å². The third-order valence-corrected chi connectivity index (χ3v) is 5.64. The Morgan fingerprint density at radius 3 is 2.69 bits per heavy atom. The summed E-state index contributed by atoms with van der Waals surface area (Å²) in [5.41, 5.74) is 3.36. The van der Waals surface area contributed by atoms with Gasteiger partial charge in [-0.3, -0.25) is 25.1 Å². The molecule has 1 amide bonds. The zero-order valence-electron chi connectivity index (χ0n) is 13.6. The van der Waals surface area contributed by atoms with Crippen LogP contribution in [0, 0.1) is 10.1 Å². The fourth-order valence-corrected chi connectivity index (χ4v) is 4.35. The van der Waals surface area contributed by atoms with Crippen LogP contribution in [-0.4, -0.2) is 20.5 Å². The molecule has 8 nitrogen and oxygen atoms in total. The van der Waals surface area contributed by atoms with E-state index in [1.807, 2.05) is 0 Å². The van der Waals surface area contributed by atoms with Crippen LogP contribution in [0.3, 0.4) is 0 Å². The van der Waals surface area contributed by atoms with Crippen molar-refractivity contribution in [2.45, 2.75) is 25.7 Å². The number of hydrogen-bond donors (Lipinski definition) is 1. The number of non-ortho nitro benzene ring substituents is 1. The van der Waals surface area contributed by atoms with Gasteiger partial charge in [0, 0.05) is 22.6 Å². The number of nitrogens with one attached hydrogen (secondary N) is 1. The minimum Gasteiger partial charge on any atom is -0.267 e. The van der Waals surface area contributed by atoms with Gasteiger partial charge in [-0.05, 0) is 43.4 Å². The maximum atomic E-state index is 12.8. The van der Waals surface area contributed by atoms with Gasteiger partial charge >= 0.3 is 0 Å². The molecular formula is C17H14N4O4S. The SMILES string of the molecule is O=C(Nn1cnc2sc3c(c2c1=O)CCCC3)c1ccc([N+](=O)[O-])cc1. The highest BCUT2D eigenvalue weighted by atomic mass is 32.1. The molecule has 1 aliphatic carbocycles. The first-order valence-electron chi connectivity index (χ1n) is 8.12. The molecule has 0 bridgehead atoms. The third kappa shape index (κ3) is 2.76. The van der Waals surface area contributed by atoms with Crippen molar-refractivity contribution in [2.24, 2.45) is 0 Å². The summed E-state index contributed by atoms with van der Waals surface area (Å²) >= 11 is 1.54. The van der Waals surface area contributed by atoms with Gasteiger partial charge in [-0.2, -0.15) is 0 Å². The molecule has 2 heterocycles. The molecule has 1 aromatic carbocycles. The number of fused-ring (bicyclic) bond motifs is 3. The number of amides is 1. The summed E-state index contributed by atoms with van der Waals surface area (Å²) in [6.07, 6.45) is 5.28. The van der Waals surface area contributed by atoms with Crippen molar-refractivity contribution >= 4 is 33.1 Å². The topological polar surface area (TPSA) is 107 Å². The highest BCUT2D eigenvalue weighted by Gasteiger charge is 2.20. The standard InChI is InChI=1S/C17H14N4O4S/c22-15(10-5-7-11(8-6-10)21(24)25)19-20-9-18-16-14(17(20)23)12-3-1-2-4-13(12)26-16/h5-9H,1-4H2,(H,19,22). The van der Waals surface area contributed by atoms with Crippen LogP contribution in [0.4, 0.5) is 5.69 Å². The summed E-state index contributed by atoms with van der Waals surface area (Å²) in [7, 11) is 0. The first-order valence-corrected chi connectivity index (χ1v) is 8.94. The van der Waals surface area contributed by atoms with Gasteiger partial charge < -0.3 is 0 Å². The molecule has 1 aliphatic rings. The van der Waals surface area contributed by atoms with Crippen molar-refractivity contribution in [3.05, 3.63) is 67.1 Å². The van der Waals surface area contributed by atoms with Gasteiger partial charge in [-0.25, -0.2) is 9.66 Å². The van der Waals surface area contributed by atoms with Crippen molar-refractivity contribution in [2.75, 3.05) is 5.43 Å². The maximum Gasteiger partial charge on any atom is 0.281 e. The number of aromatic nitrogens is 2. The molecule has 9 heteroatoms. The molecule has 3 aromatic rings. The van der Waals surface area contributed by atoms with Gasteiger partial charge in [0.15, 0.2) is 0 Å². The first kappa shape index (κ1) is 16.4. The Labute approximate surface area is 151 Å². The van der Waals surface area contributed by atoms with Gasteiger partial charge in [0.2, 0.25) is 0 Å². The Hall–Kier alpha value is -3.07. The molecule has 0 radical (unpaired) electrons.